The maximum absolute atomic E-state index is 11.2. The summed E-state index contributed by atoms with van der Waals surface area (Å²) in [6, 6.07) is 0. The first kappa shape index (κ1) is 9.20. The minimum absolute atomic E-state index is 0.0755. The summed E-state index contributed by atoms with van der Waals surface area (Å²) in [6.45, 7) is 5.97. The molecule has 0 aliphatic heterocycles. The van der Waals surface area contributed by atoms with Crippen LogP contribution in [0.1, 0.15) is 19.8 Å². The monoisotopic (exact) mass is 186 g/mol. The van der Waals surface area contributed by atoms with Crippen molar-refractivity contribution < 1.29 is 4.79 Å². The number of fused-ring (bicyclic) bond motifs is 1. The molecule has 0 aromatic carbocycles. The number of rotatable bonds is 1. The quantitative estimate of drug-likeness (QED) is 0.615. The molecule has 0 radical (unpaired) electrons. The van der Waals surface area contributed by atoms with Gasteiger partial charge in [-0.3, -0.25) is 4.79 Å². The maximum atomic E-state index is 11.2. The number of hydrogen-bond donors (Lipinski definition) is 0. The highest BCUT2D eigenvalue weighted by molar-refractivity contribution is 6.01. The minimum atomic E-state index is -0.0755. The molecule has 14 heavy (non-hydrogen) atoms. The Labute approximate surface area is 84.5 Å². The number of ketones is 1. The fourth-order valence-corrected chi connectivity index (χ4v) is 2.23. The van der Waals surface area contributed by atoms with Crippen molar-refractivity contribution in [2.24, 2.45) is 5.41 Å². The van der Waals surface area contributed by atoms with Crippen molar-refractivity contribution in [2.75, 3.05) is 0 Å². The van der Waals surface area contributed by atoms with Crippen LogP contribution in [0, 0.1) is 5.41 Å². The van der Waals surface area contributed by atoms with Gasteiger partial charge >= 0.3 is 0 Å². The molecule has 0 heterocycles. The third kappa shape index (κ3) is 1.20. The van der Waals surface area contributed by atoms with Gasteiger partial charge in [0, 0.05) is 5.41 Å². The average Bonchev–Trinajstić information content (AvgIpc) is 2.18. The van der Waals surface area contributed by atoms with Crippen molar-refractivity contribution in [3.63, 3.8) is 0 Å². The molecule has 0 unspecified atom stereocenters. The second kappa shape index (κ2) is 3.09. The van der Waals surface area contributed by atoms with Crippen LogP contribution >= 0.6 is 0 Å². The summed E-state index contributed by atoms with van der Waals surface area (Å²) in [5, 5.41) is 0. The van der Waals surface area contributed by atoms with E-state index in [2.05, 4.69) is 19.6 Å². The lowest BCUT2D eigenvalue weighted by Gasteiger charge is -2.35. The summed E-state index contributed by atoms with van der Waals surface area (Å²) >= 11 is 0. The van der Waals surface area contributed by atoms with Crippen molar-refractivity contribution in [1.29, 1.82) is 0 Å². The van der Waals surface area contributed by atoms with E-state index in [-0.39, 0.29) is 11.2 Å². The van der Waals surface area contributed by atoms with Gasteiger partial charge in [0.15, 0.2) is 5.78 Å². The SMILES string of the molecule is C=CC1=CCCC2=CC(=O)C=C[C@]12C. The van der Waals surface area contributed by atoms with Gasteiger partial charge < -0.3 is 0 Å². The van der Waals surface area contributed by atoms with Crippen LogP contribution in [0.15, 0.2) is 48.1 Å². The lowest BCUT2D eigenvalue weighted by Crippen LogP contribution is -2.25. The second-order valence-corrected chi connectivity index (χ2v) is 4.01. The highest BCUT2D eigenvalue weighted by atomic mass is 16.1. The molecule has 0 amide bonds. The zero-order chi connectivity index (χ0) is 10.2. The fourth-order valence-electron chi connectivity index (χ4n) is 2.23. The van der Waals surface area contributed by atoms with Gasteiger partial charge in [-0.05, 0) is 37.5 Å². The molecular weight excluding hydrogens is 172 g/mol. The number of carbonyl (C=O) groups excluding carboxylic acids is 1. The smallest absolute Gasteiger partial charge is 0.178 e. The zero-order valence-corrected chi connectivity index (χ0v) is 8.42. The van der Waals surface area contributed by atoms with E-state index in [9.17, 15) is 4.79 Å². The molecule has 2 aliphatic rings. The van der Waals surface area contributed by atoms with Gasteiger partial charge in [-0.25, -0.2) is 0 Å². The number of hydrogen-bond acceptors (Lipinski definition) is 1. The van der Waals surface area contributed by atoms with Crippen LogP contribution in [0.3, 0.4) is 0 Å². The molecule has 1 atom stereocenters. The Morgan fingerprint density at radius 3 is 3.07 bits per heavy atom. The maximum Gasteiger partial charge on any atom is 0.178 e. The molecule has 0 bridgehead atoms. The van der Waals surface area contributed by atoms with Crippen LogP contribution in [-0.2, 0) is 4.79 Å². The predicted octanol–water partition coefficient (Wildman–Crippen LogP) is 2.96. The van der Waals surface area contributed by atoms with Crippen molar-refractivity contribution in [3.8, 4) is 0 Å². The summed E-state index contributed by atoms with van der Waals surface area (Å²) in [4.78, 5) is 11.2. The van der Waals surface area contributed by atoms with Gasteiger partial charge in [0.05, 0.1) is 0 Å². The number of allylic oxidation sites excluding steroid dienone is 7. The molecule has 0 N–H and O–H groups in total. The summed E-state index contributed by atoms with van der Waals surface area (Å²) in [6.07, 6.45) is 11.5. The van der Waals surface area contributed by atoms with E-state index in [1.807, 2.05) is 12.2 Å². The Balaban J connectivity index is 2.51. The van der Waals surface area contributed by atoms with Crippen molar-refractivity contribution in [3.05, 3.63) is 48.1 Å². The van der Waals surface area contributed by atoms with E-state index in [0.29, 0.717) is 0 Å². The summed E-state index contributed by atoms with van der Waals surface area (Å²) in [5.41, 5.74) is 2.37. The van der Waals surface area contributed by atoms with E-state index < -0.39 is 0 Å². The van der Waals surface area contributed by atoms with Crippen LogP contribution in [0.4, 0.5) is 0 Å². The predicted molar refractivity (Wildman–Crippen MR) is 57.9 cm³/mol. The highest BCUT2D eigenvalue weighted by Crippen LogP contribution is 2.44. The van der Waals surface area contributed by atoms with E-state index in [1.165, 1.54) is 11.1 Å². The molecule has 2 aliphatic carbocycles. The highest BCUT2D eigenvalue weighted by Gasteiger charge is 2.33. The molecule has 0 spiro atoms. The first-order valence-corrected chi connectivity index (χ1v) is 4.94. The third-order valence-electron chi connectivity index (χ3n) is 3.16. The van der Waals surface area contributed by atoms with Crippen LogP contribution in [0.5, 0.6) is 0 Å². The minimum Gasteiger partial charge on any atom is -0.290 e. The molecule has 72 valence electrons. The van der Waals surface area contributed by atoms with Crippen molar-refractivity contribution in [2.45, 2.75) is 19.8 Å². The first-order chi connectivity index (χ1) is 6.66. The Bertz CT molecular complexity index is 382. The van der Waals surface area contributed by atoms with Crippen LogP contribution in [0.2, 0.25) is 0 Å². The molecule has 1 nitrogen and oxygen atoms in total. The normalized spacial score (nSPS) is 30.5. The molecule has 0 aromatic rings. The summed E-state index contributed by atoms with van der Waals surface area (Å²) < 4.78 is 0. The Morgan fingerprint density at radius 2 is 2.36 bits per heavy atom. The summed E-state index contributed by atoms with van der Waals surface area (Å²) in [5.74, 6) is 0.114. The standard InChI is InChI=1S/C13H14O/c1-3-10-5-4-6-11-9-12(14)7-8-13(10,11)2/h3,5,7-9H,1,4,6H2,2H3/t13-/m1/s1. The van der Waals surface area contributed by atoms with Gasteiger partial charge in [-0.1, -0.05) is 30.4 Å². The summed E-state index contributed by atoms with van der Waals surface area (Å²) in [7, 11) is 0. The van der Waals surface area contributed by atoms with Gasteiger partial charge in [0.25, 0.3) is 0 Å². The topological polar surface area (TPSA) is 17.1 Å². The average molecular weight is 186 g/mol. The van der Waals surface area contributed by atoms with Crippen molar-refractivity contribution in [1.82, 2.24) is 0 Å². The van der Waals surface area contributed by atoms with Crippen molar-refractivity contribution >= 4 is 5.78 Å². The molecule has 0 saturated heterocycles. The van der Waals surface area contributed by atoms with Gasteiger partial charge in [-0.2, -0.15) is 0 Å². The molecule has 0 saturated carbocycles. The second-order valence-electron chi connectivity index (χ2n) is 4.01. The first-order valence-electron chi connectivity index (χ1n) is 4.94. The Hall–Kier alpha value is -1.37. The van der Waals surface area contributed by atoms with Gasteiger partial charge in [0.1, 0.15) is 0 Å². The van der Waals surface area contributed by atoms with Crippen LogP contribution < -0.4 is 0 Å². The molecule has 2 rings (SSSR count). The van der Waals surface area contributed by atoms with E-state index in [1.54, 1.807) is 12.2 Å². The zero-order valence-electron chi connectivity index (χ0n) is 8.42. The van der Waals surface area contributed by atoms with E-state index in [0.717, 1.165) is 12.8 Å². The van der Waals surface area contributed by atoms with Crippen LogP contribution in [-0.4, -0.2) is 5.78 Å². The van der Waals surface area contributed by atoms with E-state index in [4.69, 9.17) is 0 Å². The van der Waals surface area contributed by atoms with E-state index >= 15 is 0 Å². The lowest BCUT2D eigenvalue weighted by molar-refractivity contribution is -0.110. The molecule has 1 heteroatoms. The molecule has 0 fully saturated rings. The Kier molecular flexibility index (Phi) is 2.03. The number of carbonyl (C=O) groups is 1. The molecule has 0 aromatic heterocycles. The lowest BCUT2D eigenvalue weighted by atomic mass is 9.68. The molecular formula is C13H14O. The third-order valence-corrected chi connectivity index (χ3v) is 3.16. The van der Waals surface area contributed by atoms with Gasteiger partial charge in [0.2, 0.25) is 0 Å². The largest absolute Gasteiger partial charge is 0.290 e. The fraction of sp³-hybridized carbons (Fsp3) is 0.308. The van der Waals surface area contributed by atoms with Gasteiger partial charge in [-0.15, -0.1) is 0 Å². The Morgan fingerprint density at radius 1 is 1.57 bits per heavy atom. The van der Waals surface area contributed by atoms with Crippen LogP contribution in [0.25, 0.3) is 0 Å².